The summed E-state index contributed by atoms with van der Waals surface area (Å²) in [6, 6.07) is 28.2. The Hall–Kier alpha value is -3.87. The number of rotatable bonds is 6. The summed E-state index contributed by atoms with van der Waals surface area (Å²) in [5, 5.41) is 11.7. The van der Waals surface area contributed by atoms with Crippen LogP contribution >= 0.6 is 23.2 Å². The number of aromatic nitrogens is 3. The van der Waals surface area contributed by atoms with Crippen molar-refractivity contribution >= 4 is 46.4 Å². The summed E-state index contributed by atoms with van der Waals surface area (Å²) in [4.78, 5) is 17.2. The van der Waals surface area contributed by atoms with E-state index in [4.69, 9.17) is 23.2 Å². The molecule has 168 valence electrons. The van der Waals surface area contributed by atoms with E-state index >= 15 is 0 Å². The fourth-order valence-corrected chi connectivity index (χ4v) is 3.87. The number of nitrogens with zero attached hydrogens (tertiary/aromatic N) is 3. The molecule has 34 heavy (non-hydrogen) atoms. The minimum atomic E-state index is -0.175. The highest BCUT2D eigenvalue weighted by Gasteiger charge is 2.11. The standard InChI is InChI=1S/C26H19Cl2N5O/c27-21-14-9-17(15-22(21)28)16-29-25(34)19-12-10-18(11-13-19)23-7-4-8-24-31-26(32-33(23)24)30-20-5-2-1-3-6-20/h1-15H,16H2,(H,29,34)(H,30,32). The molecule has 0 spiro atoms. The second-order valence-electron chi connectivity index (χ2n) is 7.62. The van der Waals surface area contributed by atoms with Crippen molar-refractivity contribution in [2.45, 2.75) is 6.54 Å². The first-order chi connectivity index (χ1) is 16.6. The molecule has 0 radical (unpaired) electrons. The Labute approximate surface area is 206 Å². The fraction of sp³-hybridized carbons (Fsp3) is 0.0385. The van der Waals surface area contributed by atoms with Crippen LogP contribution in [0.25, 0.3) is 16.9 Å². The van der Waals surface area contributed by atoms with Crippen molar-refractivity contribution in [2.24, 2.45) is 0 Å². The molecule has 5 rings (SSSR count). The zero-order chi connectivity index (χ0) is 23.5. The number of nitrogens with one attached hydrogen (secondary N) is 2. The van der Waals surface area contributed by atoms with Gasteiger partial charge in [0, 0.05) is 23.4 Å². The molecule has 8 heteroatoms. The Kier molecular flexibility index (Phi) is 6.16. The van der Waals surface area contributed by atoms with Gasteiger partial charge in [-0.05, 0) is 54.1 Å². The van der Waals surface area contributed by atoms with E-state index in [1.165, 1.54) is 0 Å². The van der Waals surface area contributed by atoms with Crippen LogP contribution in [0.5, 0.6) is 0 Å². The van der Waals surface area contributed by atoms with E-state index in [0.29, 0.717) is 28.1 Å². The largest absolute Gasteiger partial charge is 0.348 e. The number of para-hydroxylation sites is 1. The van der Waals surface area contributed by atoms with Crippen molar-refractivity contribution in [1.29, 1.82) is 0 Å². The molecule has 6 nitrogen and oxygen atoms in total. The van der Waals surface area contributed by atoms with Crippen molar-refractivity contribution < 1.29 is 4.79 Å². The molecule has 0 unspecified atom stereocenters. The summed E-state index contributed by atoms with van der Waals surface area (Å²) >= 11 is 12.0. The number of amides is 1. The zero-order valence-corrected chi connectivity index (χ0v) is 19.4. The third-order valence-electron chi connectivity index (χ3n) is 5.27. The number of fused-ring (bicyclic) bond motifs is 1. The highest BCUT2D eigenvalue weighted by molar-refractivity contribution is 6.42. The lowest BCUT2D eigenvalue weighted by molar-refractivity contribution is 0.0951. The Balaban J connectivity index is 1.33. The van der Waals surface area contributed by atoms with Crippen LogP contribution in [0.1, 0.15) is 15.9 Å². The lowest BCUT2D eigenvalue weighted by Crippen LogP contribution is -2.22. The Morgan fingerprint density at radius 3 is 2.41 bits per heavy atom. The zero-order valence-electron chi connectivity index (χ0n) is 17.9. The SMILES string of the molecule is O=C(NCc1ccc(Cl)c(Cl)c1)c1ccc(-c2cccc3nc(Nc4ccccc4)nn23)cc1. The summed E-state index contributed by atoms with van der Waals surface area (Å²) in [6.45, 7) is 0.354. The molecule has 0 saturated heterocycles. The molecule has 0 aliphatic heterocycles. The molecule has 0 aliphatic rings. The van der Waals surface area contributed by atoms with Crippen LogP contribution in [-0.2, 0) is 6.54 Å². The fourth-order valence-electron chi connectivity index (χ4n) is 3.55. The van der Waals surface area contributed by atoms with E-state index in [1.807, 2.05) is 66.7 Å². The van der Waals surface area contributed by atoms with Crippen LogP contribution in [0.4, 0.5) is 11.6 Å². The van der Waals surface area contributed by atoms with E-state index < -0.39 is 0 Å². The van der Waals surface area contributed by atoms with E-state index in [0.717, 1.165) is 28.2 Å². The summed E-state index contributed by atoms with van der Waals surface area (Å²) in [7, 11) is 0. The summed E-state index contributed by atoms with van der Waals surface area (Å²) in [5.74, 6) is 0.336. The van der Waals surface area contributed by atoms with E-state index in [9.17, 15) is 4.79 Å². The maximum atomic E-state index is 12.6. The first-order valence-corrected chi connectivity index (χ1v) is 11.3. The average Bonchev–Trinajstić information content (AvgIpc) is 3.28. The maximum Gasteiger partial charge on any atom is 0.251 e. The third kappa shape index (κ3) is 4.73. The topological polar surface area (TPSA) is 71.3 Å². The number of carbonyl (C=O) groups excluding carboxylic acids is 1. The highest BCUT2D eigenvalue weighted by Crippen LogP contribution is 2.24. The monoisotopic (exact) mass is 487 g/mol. The molecule has 2 aromatic heterocycles. The molecule has 2 heterocycles. The van der Waals surface area contributed by atoms with Gasteiger partial charge in [0.15, 0.2) is 5.65 Å². The molecule has 0 atom stereocenters. The van der Waals surface area contributed by atoms with Crippen LogP contribution in [0.2, 0.25) is 10.0 Å². The van der Waals surface area contributed by atoms with Crippen molar-refractivity contribution in [1.82, 2.24) is 19.9 Å². The predicted octanol–water partition coefficient (Wildman–Crippen LogP) is 6.38. The van der Waals surface area contributed by atoms with Crippen LogP contribution in [0.15, 0.2) is 91.0 Å². The molecule has 0 saturated carbocycles. The average molecular weight is 488 g/mol. The second kappa shape index (κ2) is 9.55. The molecule has 0 bridgehead atoms. The van der Waals surface area contributed by atoms with Crippen molar-refractivity contribution in [2.75, 3.05) is 5.32 Å². The van der Waals surface area contributed by atoms with Crippen molar-refractivity contribution in [3.8, 4) is 11.3 Å². The maximum absolute atomic E-state index is 12.6. The van der Waals surface area contributed by atoms with Gasteiger partial charge in [0.05, 0.1) is 15.7 Å². The number of carbonyl (C=O) groups is 1. The van der Waals surface area contributed by atoms with Crippen LogP contribution in [-0.4, -0.2) is 20.5 Å². The normalized spacial score (nSPS) is 10.9. The van der Waals surface area contributed by atoms with Gasteiger partial charge in [0.2, 0.25) is 5.95 Å². The Morgan fingerprint density at radius 1 is 0.853 bits per heavy atom. The number of halogens is 2. The van der Waals surface area contributed by atoms with Gasteiger partial charge in [0.1, 0.15) is 0 Å². The van der Waals surface area contributed by atoms with Crippen molar-refractivity contribution in [3.63, 3.8) is 0 Å². The molecular weight excluding hydrogens is 469 g/mol. The van der Waals surface area contributed by atoms with E-state index in [2.05, 4.69) is 20.7 Å². The van der Waals surface area contributed by atoms with Gasteiger partial charge in [-0.15, -0.1) is 5.10 Å². The minimum Gasteiger partial charge on any atom is -0.348 e. The highest BCUT2D eigenvalue weighted by atomic mass is 35.5. The number of hydrogen-bond acceptors (Lipinski definition) is 4. The lowest BCUT2D eigenvalue weighted by Gasteiger charge is -2.08. The summed E-state index contributed by atoms with van der Waals surface area (Å²) < 4.78 is 1.78. The predicted molar refractivity (Wildman–Crippen MR) is 136 cm³/mol. The van der Waals surface area contributed by atoms with Gasteiger partial charge in [-0.3, -0.25) is 4.79 Å². The quantitative estimate of drug-likeness (QED) is 0.291. The number of pyridine rings is 1. The Bertz CT molecular complexity index is 1470. The molecule has 0 fully saturated rings. The smallest absolute Gasteiger partial charge is 0.251 e. The second-order valence-corrected chi connectivity index (χ2v) is 8.43. The third-order valence-corrected chi connectivity index (χ3v) is 6.01. The van der Waals surface area contributed by atoms with E-state index in [-0.39, 0.29) is 5.91 Å². The Morgan fingerprint density at radius 2 is 1.65 bits per heavy atom. The molecule has 0 aliphatic carbocycles. The van der Waals surface area contributed by atoms with Gasteiger partial charge in [-0.2, -0.15) is 4.98 Å². The summed E-state index contributed by atoms with van der Waals surface area (Å²) in [6.07, 6.45) is 0. The van der Waals surface area contributed by atoms with Gasteiger partial charge in [0.25, 0.3) is 5.91 Å². The van der Waals surface area contributed by atoms with Crippen molar-refractivity contribution in [3.05, 3.63) is 112 Å². The number of anilines is 2. The van der Waals surface area contributed by atoms with Gasteiger partial charge in [-0.1, -0.05) is 65.7 Å². The first-order valence-electron chi connectivity index (χ1n) is 10.6. The van der Waals surface area contributed by atoms with E-state index in [1.54, 1.807) is 28.8 Å². The molecule has 3 aromatic carbocycles. The molecule has 5 aromatic rings. The van der Waals surface area contributed by atoms with Gasteiger partial charge >= 0.3 is 0 Å². The first kappa shape index (κ1) is 21.9. The number of benzene rings is 3. The van der Waals surface area contributed by atoms with Crippen LogP contribution in [0, 0.1) is 0 Å². The minimum absolute atomic E-state index is 0.175. The summed E-state index contributed by atoms with van der Waals surface area (Å²) in [5.41, 5.74) is 4.85. The lowest BCUT2D eigenvalue weighted by atomic mass is 10.1. The van der Waals surface area contributed by atoms with Gasteiger partial charge in [-0.25, -0.2) is 4.52 Å². The molecule has 2 N–H and O–H groups in total. The molecule has 1 amide bonds. The van der Waals surface area contributed by atoms with Gasteiger partial charge < -0.3 is 10.6 Å². The van der Waals surface area contributed by atoms with Crippen LogP contribution in [0.3, 0.4) is 0 Å². The number of hydrogen-bond donors (Lipinski definition) is 2. The molecular formula is C26H19Cl2N5O. The van der Waals surface area contributed by atoms with Crippen LogP contribution < -0.4 is 10.6 Å².